The van der Waals surface area contributed by atoms with Gasteiger partial charge in [0.05, 0.1) is 11.6 Å². The number of hydrogen-bond acceptors (Lipinski definition) is 2. The number of benzene rings is 2. The first kappa shape index (κ1) is 10.0. The molecule has 2 aromatic carbocycles. The molecular formula is C14H13N3. The van der Waals surface area contributed by atoms with E-state index >= 15 is 0 Å². The monoisotopic (exact) mass is 223 g/mol. The van der Waals surface area contributed by atoms with E-state index in [-0.39, 0.29) is 6.04 Å². The molecule has 0 saturated carbocycles. The zero-order chi connectivity index (χ0) is 11.7. The highest BCUT2D eigenvalue weighted by Gasteiger charge is 2.11. The molecule has 0 spiro atoms. The first-order valence-electron chi connectivity index (χ1n) is 5.71. The van der Waals surface area contributed by atoms with Crippen LogP contribution in [-0.4, -0.2) is 15.0 Å². The van der Waals surface area contributed by atoms with Gasteiger partial charge in [-0.15, -0.1) is 5.10 Å². The Kier molecular flexibility index (Phi) is 2.37. The van der Waals surface area contributed by atoms with Gasteiger partial charge in [-0.25, -0.2) is 4.68 Å². The van der Waals surface area contributed by atoms with E-state index in [1.807, 2.05) is 41.1 Å². The molecule has 0 radical (unpaired) electrons. The van der Waals surface area contributed by atoms with Crippen molar-refractivity contribution in [2.45, 2.75) is 13.0 Å². The SMILES string of the molecule is C[C@H](c1ccccc1)n1nnc2ccccc21. The zero-order valence-electron chi connectivity index (χ0n) is 9.62. The summed E-state index contributed by atoms with van der Waals surface area (Å²) in [6, 6.07) is 18.6. The third-order valence-electron chi connectivity index (χ3n) is 3.03. The van der Waals surface area contributed by atoms with Crippen molar-refractivity contribution in [2.24, 2.45) is 0 Å². The molecule has 3 heteroatoms. The van der Waals surface area contributed by atoms with E-state index in [9.17, 15) is 0 Å². The van der Waals surface area contributed by atoms with Crippen LogP contribution in [0.5, 0.6) is 0 Å². The Labute approximate surface area is 99.7 Å². The van der Waals surface area contributed by atoms with Crippen LogP contribution in [-0.2, 0) is 0 Å². The summed E-state index contributed by atoms with van der Waals surface area (Å²) < 4.78 is 1.96. The van der Waals surface area contributed by atoms with Gasteiger partial charge in [0, 0.05) is 0 Å². The van der Waals surface area contributed by atoms with Crippen molar-refractivity contribution in [1.29, 1.82) is 0 Å². The van der Waals surface area contributed by atoms with Gasteiger partial charge in [-0.3, -0.25) is 0 Å². The lowest BCUT2D eigenvalue weighted by atomic mass is 10.1. The molecule has 0 amide bonds. The number of rotatable bonds is 2. The lowest BCUT2D eigenvalue weighted by Gasteiger charge is -2.12. The molecule has 0 fully saturated rings. The van der Waals surface area contributed by atoms with Gasteiger partial charge in [0.1, 0.15) is 5.52 Å². The molecule has 17 heavy (non-hydrogen) atoms. The average molecular weight is 223 g/mol. The quantitative estimate of drug-likeness (QED) is 0.668. The van der Waals surface area contributed by atoms with E-state index in [0.717, 1.165) is 11.0 Å². The minimum Gasteiger partial charge on any atom is -0.237 e. The summed E-state index contributed by atoms with van der Waals surface area (Å²) in [7, 11) is 0. The van der Waals surface area contributed by atoms with Gasteiger partial charge >= 0.3 is 0 Å². The van der Waals surface area contributed by atoms with Crippen LogP contribution in [0.15, 0.2) is 54.6 Å². The summed E-state index contributed by atoms with van der Waals surface area (Å²) in [5.41, 5.74) is 3.25. The van der Waals surface area contributed by atoms with Gasteiger partial charge < -0.3 is 0 Å². The Balaban J connectivity index is 2.10. The van der Waals surface area contributed by atoms with Crippen molar-refractivity contribution >= 4 is 11.0 Å². The summed E-state index contributed by atoms with van der Waals surface area (Å²) in [6.07, 6.45) is 0. The van der Waals surface area contributed by atoms with Gasteiger partial charge in [-0.1, -0.05) is 47.7 Å². The minimum absolute atomic E-state index is 0.198. The van der Waals surface area contributed by atoms with E-state index in [1.54, 1.807) is 0 Å². The molecule has 3 nitrogen and oxygen atoms in total. The van der Waals surface area contributed by atoms with Crippen molar-refractivity contribution < 1.29 is 0 Å². The number of hydrogen-bond donors (Lipinski definition) is 0. The predicted molar refractivity (Wildman–Crippen MR) is 67.8 cm³/mol. The second-order valence-corrected chi connectivity index (χ2v) is 4.11. The third-order valence-corrected chi connectivity index (χ3v) is 3.03. The highest BCUT2D eigenvalue weighted by molar-refractivity contribution is 5.74. The van der Waals surface area contributed by atoms with Gasteiger partial charge in [0.2, 0.25) is 0 Å². The summed E-state index contributed by atoms with van der Waals surface area (Å²) in [4.78, 5) is 0. The number of nitrogens with zero attached hydrogens (tertiary/aromatic N) is 3. The van der Waals surface area contributed by atoms with Crippen LogP contribution in [0, 0.1) is 0 Å². The summed E-state index contributed by atoms with van der Waals surface area (Å²) >= 11 is 0. The molecule has 1 atom stereocenters. The van der Waals surface area contributed by atoms with Crippen molar-refractivity contribution in [2.75, 3.05) is 0 Å². The molecule has 0 unspecified atom stereocenters. The van der Waals surface area contributed by atoms with Crippen LogP contribution in [0.2, 0.25) is 0 Å². The van der Waals surface area contributed by atoms with Crippen molar-refractivity contribution in [1.82, 2.24) is 15.0 Å². The molecule has 1 aromatic heterocycles. The molecule has 84 valence electrons. The van der Waals surface area contributed by atoms with Crippen LogP contribution in [0.25, 0.3) is 11.0 Å². The molecule has 0 bridgehead atoms. The fraction of sp³-hybridized carbons (Fsp3) is 0.143. The van der Waals surface area contributed by atoms with E-state index < -0.39 is 0 Å². The number of aromatic nitrogens is 3. The number of para-hydroxylation sites is 1. The molecule has 3 aromatic rings. The zero-order valence-corrected chi connectivity index (χ0v) is 9.62. The van der Waals surface area contributed by atoms with Crippen LogP contribution >= 0.6 is 0 Å². The van der Waals surface area contributed by atoms with Crippen molar-refractivity contribution in [3.8, 4) is 0 Å². The van der Waals surface area contributed by atoms with Crippen LogP contribution in [0.1, 0.15) is 18.5 Å². The second-order valence-electron chi connectivity index (χ2n) is 4.11. The Morgan fingerprint density at radius 3 is 2.47 bits per heavy atom. The summed E-state index contributed by atoms with van der Waals surface area (Å²) in [6.45, 7) is 2.14. The summed E-state index contributed by atoms with van der Waals surface area (Å²) in [5, 5.41) is 8.42. The highest BCUT2D eigenvalue weighted by atomic mass is 15.4. The maximum atomic E-state index is 4.24. The fourth-order valence-electron chi connectivity index (χ4n) is 2.05. The fourth-order valence-corrected chi connectivity index (χ4v) is 2.05. The lowest BCUT2D eigenvalue weighted by Crippen LogP contribution is -2.08. The van der Waals surface area contributed by atoms with Crippen LogP contribution in [0.3, 0.4) is 0 Å². The molecule has 0 aliphatic rings. The van der Waals surface area contributed by atoms with Gasteiger partial charge in [0.15, 0.2) is 0 Å². The second kappa shape index (κ2) is 4.01. The number of fused-ring (bicyclic) bond motifs is 1. The predicted octanol–water partition coefficient (Wildman–Crippen LogP) is 3.04. The Bertz CT molecular complexity index is 628. The van der Waals surface area contributed by atoms with Gasteiger partial charge in [-0.2, -0.15) is 0 Å². The third kappa shape index (κ3) is 1.69. The molecule has 3 rings (SSSR count). The molecule has 0 saturated heterocycles. The largest absolute Gasteiger partial charge is 0.237 e. The minimum atomic E-state index is 0.198. The standard InChI is InChI=1S/C14H13N3/c1-11(12-7-3-2-4-8-12)17-14-10-6-5-9-13(14)15-16-17/h2-11H,1H3/t11-/m1/s1. The average Bonchev–Trinajstić information content (AvgIpc) is 2.83. The van der Waals surface area contributed by atoms with Gasteiger partial charge in [0.25, 0.3) is 0 Å². The molecule has 0 aliphatic heterocycles. The molecule has 0 aliphatic carbocycles. The first-order valence-corrected chi connectivity index (χ1v) is 5.71. The Hall–Kier alpha value is -2.16. The molecular weight excluding hydrogens is 210 g/mol. The van der Waals surface area contributed by atoms with E-state index in [2.05, 4.69) is 35.4 Å². The van der Waals surface area contributed by atoms with Crippen molar-refractivity contribution in [3.63, 3.8) is 0 Å². The Morgan fingerprint density at radius 1 is 0.941 bits per heavy atom. The molecule has 0 N–H and O–H groups in total. The van der Waals surface area contributed by atoms with E-state index in [4.69, 9.17) is 0 Å². The smallest absolute Gasteiger partial charge is 0.113 e. The van der Waals surface area contributed by atoms with E-state index in [0.29, 0.717) is 0 Å². The summed E-state index contributed by atoms with van der Waals surface area (Å²) in [5.74, 6) is 0. The normalized spacial score (nSPS) is 12.8. The van der Waals surface area contributed by atoms with Crippen LogP contribution < -0.4 is 0 Å². The Morgan fingerprint density at radius 2 is 1.65 bits per heavy atom. The molecule has 1 heterocycles. The lowest BCUT2D eigenvalue weighted by molar-refractivity contribution is 0.560. The maximum absolute atomic E-state index is 4.24. The van der Waals surface area contributed by atoms with E-state index in [1.165, 1.54) is 5.56 Å². The topological polar surface area (TPSA) is 30.7 Å². The first-order chi connectivity index (χ1) is 8.36. The highest BCUT2D eigenvalue weighted by Crippen LogP contribution is 2.21. The van der Waals surface area contributed by atoms with Gasteiger partial charge in [-0.05, 0) is 24.6 Å². The maximum Gasteiger partial charge on any atom is 0.113 e. The van der Waals surface area contributed by atoms with Crippen molar-refractivity contribution in [3.05, 3.63) is 60.2 Å². The van der Waals surface area contributed by atoms with Crippen LogP contribution in [0.4, 0.5) is 0 Å².